The molecule has 3 N–H and O–H groups in total. The van der Waals surface area contributed by atoms with Gasteiger partial charge in [0.2, 0.25) is 0 Å². The minimum Gasteiger partial charge on any atom is -0.462 e. The number of ether oxygens (including phenoxy) is 4. The molecule has 0 aliphatic carbocycles. The number of rotatable bonds is 75. The Kier molecular flexibility index (Phi) is 66.5. The van der Waals surface area contributed by atoms with E-state index in [4.69, 9.17) is 37.0 Å². The molecule has 3 unspecified atom stereocenters. The topological polar surface area (TPSA) is 237 Å². The van der Waals surface area contributed by atoms with Gasteiger partial charge in [-0.1, -0.05) is 343 Å². The molecule has 0 heterocycles. The molecule has 0 spiro atoms. The van der Waals surface area contributed by atoms with E-state index in [1.54, 1.807) is 0 Å². The summed E-state index contributed by atoms with van der Waals surface area (Å²) in [5.41, 5.74) is 0. The number of carbonyl (C=O) groups is 4. The molecule has 17 nitrogen and oxygen atoms in total. The van der Waals surface area contributed by atoms with Gasteiger partial charge in [0.15, 0.2) is 12.2 Å². The van der Waals surface area contributed by atoms with Gasteiger partial charge in [-0.2, -0.15) is 0 Å². The predicted octanol–water partition coefficient (Wildman–Crippen LogP) is 22.3. The van der Waals surface area contributed by atoms with Gasteiger partial charge in [0.1, 0.15) is 19.3 Å². The van der Waals surface area contributed by atoms with E-state index < -0.39 is 97.5 Å². The lowest BCUT2D eigenvalue weighted by molar-refractivity contribution is -0.161. The van der Waals surface area contributed by atoms with Crippen molar-refractivity contribution >= 4 is 39.5 Å². The number of hydrogen-bond acceptors (Lipinski definition) is 15. The third-order valence-electron chi connectivity index (χ3n) is 18.1. The van der Waals surface area contributed by atoms with Gasteiger partial charge in [-0.25, -0.2) is 9.13 Å². The lowest BCUT2D eigenvalue weighted by atomic mass is 9.99. The van der Waals surface area contributed by atoms with Crippen LogP contribution in [-0.2, 0) is 65.4 Å². The fourth-order valence-corrected chi connectivity index (χ4v) is 13.2. The van der Waals surface area contributed by atoms with Crippen molar-refractivity contribution in [1.82, 2.24) is 0 Å². The quantitative estimate of drug-likeness (QED) is 0.0222. The molecule has 19 heteroatoms. The summed E-state index contributed by atoms with van der Waals surface area (Å²) in [4.78, 5) is 72.8. The predicted molar refractivity (Wildman–Crippen MR) is 386 cm³/mol. The van der Waals surface area contributed by atoms with Crippen molar-refractivity contribution in [3.8, 4) is 0 Å². The first kappa shape index (κ1) is 93.1. The molecule has 0 saturated carbocycles. The summed E-state index contributed by atoms with van der Waals surface area (Å²) in [6, 6.07) is 0. The first-order valence-corrected chi connectivity index (χ1v) is 42.5. The molecule has 0 aromatic rings. The number of unbranched alkanes of at least 4 members (excludes halogenated alkanes) is 44. The highest BCUT2D eigenvalue weighted by Gasteiger charge is 2.30. The molecule has 0 aromatic heterocycles. The first-order valence-electron chi connectivity index (χ1n) is 39.5. The number of carbonyl (C=O) groups excluding carboxylic acids is 4. The Hall–Kier alpha value is -1.94. The van der Waals surface area contributed by atoms with Crippen molar-refractivity contribution in [2.24, 2.45) is 11.8 Å². The summed E-state index contributed by atoms with van der Waals surface area (Å²) < 4.78 is 68.5. The maximum atomic E-state index is 13.1. The maximum absolute atomic E-state index is 13.1. The van der Waals surface area contributed by atoms with Crippen molar-refractivity contribution in [3.05, 3.63) is 0 Å². The Bertz CT molecular complexity index is 1840. The average Bonchev–Trinajstić information content (AvgIpc) is 2.45. The molecule has 564 valence electrons. The summed E-state index contributed by atoms with van der Waals surface area (Å²) in [7, 11) is -9.91. The molecule has 6 atom stereocenters. The van der Waals surface area contributed by atoms with Crippen molar-refractivity contribution in [2.75, 3.05) is 39.6 Å². The summed E-state index contributed by atoms with van der Waals surface area (Å²) >= 11 is 0. The van der Waals surface area contributed by atoms with Gasteiger partial charge in [-0.3, -0.25) is 37.3 Å². The zero-order valence-electron chi connectivity index (χ0n) is 62.0. The summed E-state index contributed by atoms with van der Waals surface area (Å²) in [6.45, 7) is 9.58. The SMILES string of the molecule is CCCCCCCCCCCCCCCCCCCCCCC(=O)O[C@H](COC(=O)CCCCCCCCCCCCC(C)C)COP(=O)(O)OC[C@@H](O)COP(=O)(O)OC[C@@H](COC(=O)CCCCCCCCCCCC)OC(=O)CCCCCCCCCCC(C)CC. The fraction of sp³-hybridized carbons (Fsp3) is 0.947. The monoisotopic (exact) mass is 1400 g/mol. The van der Waals surface area contributed by atoms with E-state index >= 15 is 0 Å². The largest absolute Gasteiger partial charge is 0.472 e. The van der Waals surface area contributed by atoms with Crippen molar-refractivity contribution in [1.29, 1.82) is 0 Å². The van der Waals surface area contributed by atoms with Gasteiger partial charge >= 0.3 is 39.5 Å². The van der Waals surface area contributed by atoms with Gasteiger partial charge in [0.05, 0.1) is 26.4 Å². The molecule has 0 rings (SSSR count). The number of phosphoric acid groups is 2. The van der Waals surface area contributed by atoms with Crippen LogP contribution in [0.3, 0.4) is 0 Å². The summed E-state index contributed by atoms with van der Waals surface area (Å²) in [5.74, 6) is -0.590. The van der Waals surface area contributed by atoms with Crippen LogP contribution in [0.15, 0.2) is 0 Å². The second kappa shape index (κ2) is 67.9. The van der Waals surface area contributed by atoms with Crippen LogP contribution in [0.4, 0.5) is 0 Å². The Morgan fingerprint density at radius 2 is 0.537 bits per heavy atom. The van der Waals surface area contributed by atoms with E-state index in [0.29, 0.717) is 25.7 Å². The van der Waals surface area contributed by atoms with Crippen LogP contribution in [0, 0.1) is 11.8 Å². The smallest absolute Gasteiger partial charge is 0.462 e. The fourth-order valence-electron chi connectivity index (χ4n) is 11.6. The van der Waals surface area contributed by atoms with Crippen LogP contribution >= 0.6 is 15.6 Å². The lowest BCUT2D eigenvalue weighted by Gasteiger charge is -2.21. The molecule has 0 aliphatic rings. The van der Waals surface area contributed by atoms with Gasteiger partial charge < -0.3 is 33.8 Å². The van der Waals surface area contributed by atoms with Gasteiger partial charge in [-0.05, 0) is 37.5 Å². The molecular formula is C76H148O17P2. The summed E-state index contributed by atoms with van der Waals surface area (Å²) in [6.07, 6.45) is 55.5. The van der Waals surface area contributed by atoms with Crippen molar-refractivity contribution in [3.63, 3.8) is 0 Å². The second-order valence-corrected chi connectivity index (χ2v) is 31.0. The lowest BCUT2D eigenvalue weighted by Crippen LogP contribution is -2.30. The molecule has 0 amide bonds. The van der Waals surface area contributed by atoms with E-state index in [2.05, 4.69) is 41.5 Å². The Balaban J connectivity index is 5.22. The van der Waals surface area contributed by atoms with Gasteiger partial charge in [0.25, 0.3) is 0 Å². The first-order chi connectivity index (χ1) is 45.9. The number of esters is 4. The molecule has 0 aliphatic heterocycles. The van der Waals surface area contributed by atoms with E-state index in [1.165, 1.54) is 212 Å². The highest BCUT2D eigenvalue weighted by Crippen LogP contribution is 2.45. The third kappa shape index (κ3) is 69.0. The Labute approximate surface area is 581 Å². The standard InChI is InChI=1S/C76H148O17P2/c1-7-10-12-14-16-18-20-21-22-23-24-25-26-27-28-29-35-42-48-54-60-75(80)92-71(64-87-74(79)59-53-47-41-34-31-30-32-38-44-50-56-68(4)5)66-90-94(82,83)88-62-70(77)63-89-95(84,85)91-67-72(65-86-73(78)58-52-46-40-33-19-17-15-13-11-8-2)93-76(81)61-55-49-43-37-36-39-45-51-57-69(6)9-3/h68-72,77H,7-67H2,1-6H3,(H,82,83)(H,84,85)/t69?,70-,71-,72-/m1/s1. The number of hydrogen-bond donors (Lipinski definition) is 3. The highest BCUT2D eigenvalue weighted by molar-refractivity contribution is 7.47. The zero-order valence-corrected chi connectivity index (χ0v) is 63.8. The van der Waals surface area contributed by atoms with Crippen LogP contribution in [0.5, 0.6) is 0 Å². The van der Waals surface area contributed by atoms with Crippen molar-refractivity contribution < 1.29 is 80.2 Å². The van der Waals surface area contributed by atoms with E-state index in [1.807, 2.05) is 0 Å². The van der Waals surface area contributed by atoms with Crippen LogP contribution in [0.25, 0.3) is 0 Å². The van der Waals surface area contributed by atoms with Crippen LogP contribution in [-0.4, -0.2) is 96.7 Å². The zero-order chi connectivity index (χ0) is 70.0. The molecule has 95 heavy (non-hydrogen) atoms. The van der Waals surface area contributed by atoms with E-state index in [0.717, 1.165) is 102 Å². The van der Waals surface area contributed by atoms with Gasteiger partial charge in [-0.15, -0.1) is 0 Å². The molecule has 0 aromatic carbocycles. The van der Waals surface area contributed by atoms with E-state index in [-0.39, 0.29) is 25.7 Å². The molecule has 0 fully saturated rings. The van der Waals surface area contributed by atoms with E-state index in [9.17, 15) is 43.2 Å². The molecule has 0 radical (unpaired) electrons. The molecule has 0 saturated heterocycles. The highest BCUT2D eigenvalue weighted by atomic mass is 31.2. The minimum atomic E-state index is -4.96. The summed E-state index contributed by atoms with van der Waals surface area (Å²) in [5, 5.41) is 10.6. The second-order valence-electron chi connectivity index (χ2n) is 28.1. The molecular weight excluding hydrogens is 1250 g/mol. The maximum Gasteiger partial charge on any atom is 0.472 e. The van der Waals surface area contributed by atoms with Crippen LogP contribution in [0.1, 0.15) is 395 Å². The number of aliphatic hydroxyl groups is 1. The third-order valence-corrected chi connectivity index (χ3v) is 20.0. The molecule has 0 bridgehead atoms. The van der Waals surface area contributed by atoms with Crippen LogP contribution in [0.2, 0.25) is 0 Å². The Morgan fingerprint density at radius 1 is 0.305 bits per heavy atom. The normalized spacial score (nSPS) is 14.3. The van der Waals surface area contributed by atoms with Crippen LogP contribution < -0.4 is 0 Å². The average molecular weight is 1400 g/mol. The number of phosphoric ester groups is 2. The Morgan fingerprint density at radius 3 is 0.800 bits per heavy atom. The minimum absolute atomic E-state index is 0.105. The van der Waals surface area contributed by atoms with Gasteiger partial charge in [0, 0.05) is 25.7 Å². The van der Waals surface area contributed by atoms with Crippen molar-refractivity contribution in [2.45, 2.75) is 413 Å². The number of aliphatic hydroxyl groups excluding tert-OH is 1.